The molecule has 2 heterocycles. The molecule has 0 radical (unpaired) electrons. The number of benzene rings is 1. The van der Waals surface area contributed by atoms with Gasteiger partial charge in [0.25, 0.3) is 15.9 Å². The van der Waals surface area contributed by atoms with Gasteiger partial charge in [-0.3, -0.25) is 13.9 Å². The van der Waals surface area contributed by atoms with Gasteiger partial charge in [-0.15, -0.1) is 11.3 Å². The predicted molar refractivity (Wildman–Crippen MR) is 94.4 cm³/mol. The van der Waals surface area contributed by atoms with E-state index in [2.05, 4.69) is 9.71 Å². The summed E-state index contributed by atoms with van der Waals surface area (Å²) in [6.45, 7) is 3.39. The van der Waals surface area contributed by atoms with Crippen LogP contribution >= 0.6 is 11.3 Å². The van der Waals surface area contributed by atoms with Gasteiger partial charge in [-0.2, -0.15) is 0 Å². The molecule has 0 fully saturated rings. The molecule has 0 unspecified atom stereocenters. The average molecular weight is 380 g/mol. The van der Waals surface area contributed by atoms with E-state index in [4.69, 9.17) is 0 Å². The fourth-order valence-electron chi connectivity index (χ4n) is 2.62. The van der Waals surface area contributed by atoms with Gasteiger partial charge in [0, 0.05) is 14.1 Å². The Balaban J connectivity index is 2.01. The number of aromatic nitrogens is 3. The quantitative estimate of drug-likeness (QED) is 0.732. The third-order valence-corrected chi connectivity index (χ3v) is 6.29. The van der Waals surface area contributed by atoms with E-state index in [1.54, 1.807) is 27.9 Å². The third-order valence-electron chi connectivity index (χ3n) is 3.89. The summed E-state index contributed by atoms with van der Waals surface area (Å²) < 4.78 is 29.9. The molecule has 0 atom stereocenters. The van der Waals surface area contributed by atoms with Crippen molar-refractivity contribution in [1.82, 2.24) is 18.8 Å². The Kier molecular flexibility index (Phi) is 4.04. The molecule has 8 nitrogen and oxygen atoms in total. The van der Waals surface area contributed by atoms with Gasteiger partial charge in [-0.1, -0.05) is 0 Å². The van der Waals surface area contributed by atoms with Crippen LogP contribution in [-0.2, 0) is 24.1 Å². The highest BCUT2D eigenvalue weighted by Crippen LogP contribution is 2.20. The second kappa shape index (κ2) is 5.81. The fraction of sp³-hybridized carbons (Fsp3) is 0.267. The largest absolute Gasteiger partial charge is 0.328 e. The van der Waals surface area contributed by atoms with Gasteiger partial charge in [0.15, 0.2) is 0 Å². The number of thiazole rings is 1. The Morgan fingerprint density at radius 2 is 1.80 bits per heavy atom. The number of hydrogen-bond donors (Lipinski definition) is 1. The highest BCUT2D eigenvalue weighted by molar-refractivity contribution is 7.90. The van der Waals surface area contributed by atoms with Gasteiger partial charge >= 0.3 is 5.69 Å². The zero-order chi connectivity index (χ0) is 18.5. The van der Waals surface area contributed by atoms with Gasteiger partial charge in [-0.05, 0) is 32.0 Å². The van der Waals surface area contributed by atoms with E-state index in [1.807, 2.05) is 0 Å². The first-order chi connectivity index (χ1) is 11.6. The van der Waals surface area contributed by atoms with E-state index < -0.39 is 15.9 Å². The monoisotopic (exact) mass is 380 g/mol. The molecule has 0 saturated heterocycles. The Labute approximate surface area is 147 Å². The molecule has 0 bridgehead atoms. The molecular formula is C15H16N4O4S2. The number of hydrogen-bond acceptors (Lipinski definition) is 6. The maximum atomic E-state index is 12.5. The van der Waals surface area contributed by atoms with Crippen LogP contribution in [0.25, 0.3) is 11.0 Å². The number of nitrogens with zero attached hydrogens (tertiary/aromatic N) is 3. The topological polar surface area (TPSA) is 103 Å². The van der Waals surface area contributed by atoms with Crippen LogP contribution in [0.4, 0.5) is 0 Å². The summed E-state index contributed by atoms with van der Waals surface area (Å²) in [5.74, 6) is -0.717. The first-order valence-corrected chi connectivity index (χ1v) is 9.58. The number of amides is 1. The van der Waals surface area contributed by atoms with E-state index in [-0.39, 0.29) is 15.5 Å². The average Bonchev–Trinajstić information content (AvgIpc) is 2.99. The minimum absolute atomic E-state index is 0.0894. The van der Waals surface area contributed by atoms with E-state index >= 15 is 0 Å². The second-order valence-corrected chi connectivity index (χ2v) is 8.52. The van der Waals surface area contributed by atoms with Crippen LogP contribution in [0.3, 0.4) is 0 Å². The van der Waals surface area contributed by atoms with E-state index in [9.17, 15) is 18.0 Å². The van der Waals surface area contributed by atoms with Crippen LogP contribution in [0.15, 0.2) is 27.9 Å². The SMILES string of the molecule is Cc1nc(C)c(C(=O)NS(=O)(=O)c2ccc3c(c2)n(C)c(=O)n3C)s1. The molecule has 132 valence electrons. The summed E-state index contributed by atoms with van der Waals surface area (Å²) in [4.78, 5) is 28.5. The van der Waals surface area contributed by atoms with Crippen LogP contribution in [0, 0.1) is 13.8 Å². The van der Waals surface area contributed by atoms with Crippen LogP contribution < -0.4 is 10.4 Å². The van der Waals surface area contributed by atoms with Crippen LogP contribution in [0.2, 0.25) is 0 Å². The maximum absolute atomic E-state index is 12.5. The van der Waals surface area contributed by atoms with Gasteiger partial charge in [0.2, 0.25) is 0 Å². The number of fused-ring (bicyclic) bond motifs is 1. The highest BCUT2D eigenvalue weighted by atomic mass is 32.2. The smallest absolute Gasteiger partial charge is 0.295 e. The molecule has 1 aromatic carbocycles. The van der Waals surface area contributed by atoms with Crippen LogP contribution in [0.1, 0.15) is 20.4 Å². The van der Waals surface area contributed by atoms with Gasteiger partial charge in [0.05, 0.1) is 26.6 Å². The molecular weight excluding hydrogens is 364 g/mol. The second-order valence-electron chi connectivity index (χ2n) is 5.63. The van der Waals surface area contributed by atoms with Crippen molar-refractivity contribution in [2.75, 3.05) is 0 Å². The maximum Gasteiger partial charge on any atom is 0.328 e. The van der Waals surface area contributed by atoms with Crippen molar-refractivity contribution in [3.05, 3.63) is 44.3 Å². The Morgan fingerprint density at radius 3 is 2.40 bits per heavy atom. The lowest BCUT2D eigenvalue weighted by atomic mass is 10.3. The number of sulfonamides is 1. The van der Waals surface area contributed by atoms with E-state index in [0.29, 0.717) is 21.7 Å². The van der Waals surface area contributed by atoms with E-state index in [1.165, 1.54) is 27.3 Å². The van der Waals surface area contributed by atoms with Gasteiger partial charge < -0.3 is 0 Å². The third kappa shape index (κ3) is 2.87. The number of nitrogens with one attached hydrogen (secondary N) is 1. The molecule has 0 aliphatic rings. The Bertz CT molecular complexity index is 1170. The van der Waals surface area contributed by atoms with Crippen molar-refractivity contribution >= 4 is 38.3 Å². The molecule has 10 heteroatoms. The summed E-state index contributed by atoms with van der Waals surface area (Å²) in [7, 11) is -0.907. The lowest BCUT2D eigenvalue weighted by Crippen LogP contribution is -2.30. The molecule has 0 spiro atoms. The van der Waals surface area contributed by atoms with E-state index in [0.717, 1.165) is 11.3 Å². The zero-order valence-corrected chi connectivity index (χ0v) is 15.7. The summed E-state index contributed by atoms with van der Waals surface area (Å²) in [5, 5.41) is 0.681. The highest BCUT2D eigenvalue weighted by Gasteiger charge is 2.23. The molecule has 25 heavy (non-hydrogen) atoms. The molecule has 2 aromatic heterocycles. The Morgan fingerprint density at radius 1 is 1.16 bits per heavy atom. The molecule has 3 aromatic rings. The summed E-state index contributed by atoms with van der Waals surface area (Å²) in [6, 6.07) is 4.27. The van der Waals surface area contributed by atoms with Gasteiger partial charge in [-0.25, -0.2) is 22.9 Å². The lowest BCUT2D eigenvalue weighted by Gasteiger charge is -2.07. The van der Waals surface area contributed by atoms with Crippen molar-refractivity contribution in [3.8, 4) is 0 Å². The summed E-state index contributed by atoms with van der Waals surface area (Å²) in [5.41, 5.74) is 1.29. The number of carbonyl (C=O) groups is 1. The first kappa shape index (κ1) is 17.4. The Hall–Kier alpha value is -2.46. The number of carbonyl (C=O) groups excluding carboxylic acids is 1. The van der Waals surface area contributed by atoms with Crippen molar-refractivity contribution in [1.29, 1.82) is 0 Å². The minimum atomic E-state index is -4.07. The summed E-state index contributed by atoms with van der Waals surface area (Å²) in [6.07, 6.45) is 0. The molecule has 0 aliphatic heterocycles. The first-order valence-electron chi connectivity index (χ1n) is 7.28. The van der Waals surface area contributed by atoms with Crippen molar-refractivity contribution in [2.24, 2.45) is 14.1 Å². The normalized spacial score (nSPS) is 11.8. The molecule has 1 N–H and O–H groups in total. The predicted octanol–water partition coefficient (Wildman–Crippen LogP) is 1.07. The molecule has 3 rings (SSSR count). The zero-order valence-electron chi connectivity index (χ0n) is 14.0. The van der Waals surface area contributed by atoms with Crippen molar-refractivity contribution < 1.29 is 13.2 Å². The minimum Gasteiger partial charge on any atom is -0.295 e. The van der Waals surface area contributed by atoms with Crippen LogP contribution in [-0.4, -0.2) is 28.4 Å². The van der Waals surface area contributed by atoms with Crippen LogP contribution in [0.5, 0.6) is 0 Å². The van der Waals surface area contributed by atoms with Crippen molar-refractivity contribution in [3.63, 3.8) is 0 Å². The van der Waals surface area contributed by atoms with Gasteiger partial charge in [0.1, 0.15) is 4.88 Å². The molecule has 0 saturated carbocycles. The summed E-state index contributed by atoms with van der Waals surface area (Å²) >= 11 is 1.13. The number of imidazole rings is 1. The number of rotatable bonds is 3. The standard InChI is InChI=1S/C15H16N4O4S2/c1-8-13(24-9(2)16-8)14(20)17-25(22,23)10-5-6-11-12(7-10)19(4)15(21)18(11)3/h5-7H,1-4H3,(H,17,20). The fourth-order valence-corrected chi connectivity index (χ4v) is 4.48. The number of aryl methyl sites for hydroxylation is 4. The van der Waals surface area contributed by atoms with Crippen molar-refractivity contribution in [2.45, 2.75) is 18.7 Å². The molecule has 1 amide bonds. The molecule has 0 aliphatic carbocycles. The lowest BCUT2D eigenvalue weighted by molar-refractivity contribution is 0.0984.